The third-order valence-electron chi connectivity index (χ3n) is 2.94. The Hall–Kier alpha value is -2.21. The molecule has 0 amide bonds. The zero-order chi connectivity index (χ0) is 15.0. The van der Waals surface area contributed by atoms with Crippen LogP contribution in [0.25, 0.3) is 10.9 Å². The van der Waals surface area contributed by atoms with Crippen molar-refractivity contribution in [3.63, 3.8) is 0 Å². The zero-order valence-corrected chi connectivity index (χ0v) is 12.2. The highest BCUT2D eigenvalue weighted by Gasteiger charge is 2.14. The Kier molecular flexibility index (Phi) is 3.47. The number of pyridine rings is 1. The van der Waals surface area contributed by atoms with Gasteiger partial charge in [0.1, 0.15) is 0 Å². The van der Waals surface area contributed by atoms with E-state index in [2.05, 4.69) is 20.9 Å². The highest BCUT2D eigenvalue weighted by molar-refractivity contribution is 9.10. The van der Waals surface area contributed by atoms with Gasteiger partial charge in [0.15, 0.2) is 17.3 Å². The topological polar surface area (TPSA) is 48.1 Å². The summed E-state index contributed by atoms with van der Waals surface area (Å²) in [6.07, 6.45) is 1.42. The van der Waals surface area contributed by atoms with Crippen LogP contribution in [0.1, 0.15) is 0 Å². The third-order valence-corrected chi connectivity index (χ3v) is 3.43. The number of anilines is 1. The molecular formula is C15H9BrF2N2O. The molecule has 0 fully saturated rings. The van der Waals surface area contributed by atoms with Crippen LogP contribution in [0.3, 0.4) is 0 Å². The maximum absolute atomic E-state index is 13.7. The lowest BCUT2D eigenvalue weighted by molar-refractivity contribution is 0.420. The van der Waals surface area contributed by atoms with E-state index in [4.69, 9.17) is 10.5 Å². The molecule has 0 spiro atoms. The van der Waals surface area contributed by atoms with Crippen molar-refractivity contribution in [1.29, 1.82) is 0 Å². The number of fused-ring (bicyclic) bond motifs is 1. The van der Waals surface area contributed by atoms with E-state index >= 15 is 0 Å². The maximum Gasteiger partial charge on any atom is 0.201 e. The Bertz CT molecular complexity index is 834. The molecule has 0 radical (unpaired) electrons. The van der Waals surface area contributed by atoms with Gasteiger partial charge in [-0.25, -0.2) is 4.39 Å². The van der Waals surface area contributed by atoms with Gasteiger partial charge in [-0.2, -0.15) is 4.39 Å². The van der Waals surface area contributed by atoms with Crippen molar-refractivity contribution in [2.75, 3.05) is 5.73 Å². The molecule has 21 heavy (non-hydrogen) atoms. The fourth-order valence-corrected chi connectivity index (χ4v) is 2.30. The van der Waals surface area contributed by atoms with Gasteiger partial charge in [-0.3, -0.25) is 4.98 Å². The summed E-state index contributed by atoms with van der Waals surface area (Å²) in [5.74, 6) is -2.03. The Morgan fingerprint density at radius 3 is 2.76 bits per heavy atom. The van der Waals surface area contributed by atoms with Crippen molar-refractivity contribution in [2.45, 2.75) is 0 Å². The van der Waals surface area contributed by atoms with Crippen LogP contribution in [0.15, 0.2) is 47.1 Å². The normalized spacial score (nSPS) is 10.8. The predicted octanol–water partition coefficient (Wildman–Crippen LogP) is 4.65. The summed E-state index contributed by atoms with van der Waals surface area (Å²) in [7, 11) is 0. The largest absolute Gasteiger partial charge is 0.451 e. The van der Waals surface area contributed by atoms with Crippen LogP contribution < -0.4 is 10.5 Å². The monoisotopic (exact) mass is 350 g/mol. The summed E-state index contributed by atoms with van der Waals surface area (Å²) >= 11 is 3.34. The number of rotatable bonds is 2. The third kappa shape index (κ3) is 2.54. The number of hydrogen-bond donors (Lipinski definition) is 1. The molecule has 3 nitrogen and oxygen atoms in total. The van der Waals surface area contributed by atoms with Gasteiger partial charge < -0.3 is 10.5 Å². The highest BCUT2D eigenvalue weighted by Crippen LogP contribution is 2.36. The first kappa shape index (κ1) is 13.8. The minimum absolute atomic E-state index is 0.228. The molecule has 2 aromatic carbocycles. The average Bonchev–Trinajstić information content (AvgIpc) is 2.46. The minimum atomic E-state index is -1.06. The summed E-state index contributed by atoms with van der Waals surface area (Å²) < 4.78 is 33.3. The fraction of sp³-hybridized carbons (Fsp3) is 0. The predicted molar refractivity (Wildman–Crippen MR) is 80.3 cm³/mol. The smallest absolute Gasteiger partial charge is 0.201 e. The Balaban J connectivity index is 2.18. The molecule has 0 bridgehead atoms. The quantitative estimate of drug-likeness (QED) is 0.731. The SMILES string of the molecule is Nc1cnc2ccc(Br)cc2c1Oc1cccc(F)c1F. The van der Waals surface area contributed by atoms with E-state index < -0.39 is 11.6 Å². The molecule has 0 aliphatic heterocycles. The van der Waals surface area contributed by atoms with Crippen LogP contribution >= 0.6 is 15.9 Å². The Morgan fingerprint density at radius 2 is 1.95 bits per heavy atom. The van der Waals surface area contributed by atoms with Crippen molar-refractivity contribution in [1.82, 2.24) is 4.98 Å². The molecule has 0 saturated carbocycles. The molecule has 0 aliphatic rings. The van der Waals surface area contributed by atoms with Gasteiger partial charge in [-0.05, 0) is 30.3 Å². The van der Waals surface area contributed by atoms with Crippen LogP contribution in [-0.4, -0.2) is 4.98 Å². The molecule has 1 aromatic heterocycles. The van der Waals surface area contributed by atoms with Crippen molar-refractivity contribution < 1.29 is 13.5 Å². The summed E-state index contributed by atoms with van der Waals surface area (Å²) in [5.41, 5.74) is 6.73. The number of ether oxygens (including phenoxy) is 1. The van der Waals surface area contributed by atoms with Crippen molar-refractivity contribution in [3.8, 4) is 11.5 Å². The van der Waals surface area contributed by atoms with E-state index in [0.717, 1.165) is 10.5 Å². The van der Waals surface area contributed by atoms with Gasteiger partial charge in [0.05, 0.1) is 17.4 Å². The first-order chi connectivity index (χ1) is 10.1. The molecule has 1 heterocycles. The number of benzene rings is 2. The summed E-state index contributed by atoms with van der Waals surface area (Å²) in [6, 6.07) is 9.06. The number of hydrogen-bond acceptors (Lipinski definition) is 3. The maximum atomic E-state index is 13.7. The van der Waals surface area contributed by atoms with Crippen molar-refractivity contribution >= 4 is 32.5 Å². The first-order valence-electron chi connectivity index (χ1n) is 6.02. The molecule has 0 atom stereocenters. The van der Waals surface area contributed by atoms with Crippen LogP contribution in [0.4, 0.5) is 14.5 Å². The van der Waals surface area contributed by atoms with Crippen molar-refractivity contribution in [3.05, 3.63) is 58.7 Å². The van der Waals surface area contributed by atoms with E-state index in [0.29, 0.717) is 10.9 Å². The number of nitrogens with two attached hydrogens (primary N) is 1. The average molecular weight is 351 g/mol. The molecule has 2 N–H and O–H groups in total. The van der Waals surface area contributed by atoms with Crippen LogP contribution in [-0.2, 0) is 0 Å². The van der Waals surface area contributed by atoms with E-state index in [-0.39, 0.29) is 17.2 Å². The zero-order valence-electron chi connectivity index (χ0n) is 10.6. The van der Waals surface area contributed by atoms with Crippen LogP contribution in [0, 0.1) is 11.6 Å². The van der Waals surface area contributed by atoms with Gasteiger partial charge in [0.2, 0.25) is 5.82 Å². The molecule has 0 aliphatic carbocycles. The van der Waals surface area contributed by atoms with E-state index in [9.17, 15) is 8.78 Å². The molecule has 6 heteroatoms. The lowest BCUT2D eigenvalue weighted by Crippen LogP contribution is -1.97. The van der Waals surface area contributed by atoms with E-state index in [1.54, 1.807) is 12.1 Å². The molecular weight excluding hydrogens is 342 g/mol. The number of nitrogens with zero attached hydrogens (tertiary/aromatic N) is 1. The molecule has 3 aromatic rings. The van der Waals surface area contributed by atoms with Gasteiger partial charge in [0.25, 0.3) is 0 Å². The van der Waals surface area contributed by atoms with E-state index in [1.165, 1.54) is 18.3 Å². The lowest BCUT2D eigenvalue weighted by Gasteiger charge is -2.12. The van der Waals surface area contributed by atoms with Crippen LogP contribution in [0.5, 0.6) is 11.5 Å². The van der Waals surface area contributed by atoms with E-state index in [1.807, 2.05) is 6.07 Å². The molecule has 106 valence electrons. The second kappa shape index (κ2) is 5.29. The Morgan fingerprint density at radius 1 is 1.14 bits per heavy atom. The first-order valence-corrected chi connectivity index (χ1v) is 6.81. The number of nitrogen functional groups attached to an aromatic ring is 1. The minimum Gasteiger partial charge on any atom is -0.451 e. The highest BCUT2D eigenvalue weighted by atomic mass is 79.9. The fourth-order valence-electron chi connectivity index (χ4n) is 1.94. The molecule has 3 rings (SSSR count). The van der Waals surface area contributed by atoms with Crippen molar-refractivity contribution in [2.24, 2.45) is 0 Å². The number of aromatic nitrogens is 1. The summed E-state index contributed by atoms with van der Waals surface area (Å²) in [6.45, 7) is 0. The van der Waals surface area contributed by atoms with Gasteiger partial charge in [-0.1, -0.05) is 22.0 Å². The van der Waals surface area contributed by atoms with Gasteiger partial charge >= 0.3 is 0 Å². The molecule has 0 saturated heterocycles. The Labute approximate surface area is 127 Å². The summed E-state index contributed by atoms with van der Waals surface area (Å²) in [4.78, 5) is 4.17. The van der Waals surface area contributed by atoms with Gasteiger partial charge in [0, 0.05) is 9.86 Å². The lowest BCUT2D eigenvalue weighted by atomic mass is 10.2. The molecule has 0 unspecified atom stereocenters. The second-order valence-corrected chi connectivity index (χ2v) is 5.27. The number of halogens is 3. The second-order valence-electron chi connectivity index (χ2n) is 4.36. The summed E-state index contributed by atoms with van der Waals surface area (Å²) in [5, 5.41) is 0.605. The van der Waals surface area contributed by atoms with Crippen LogP contribution in [0.2, 0.25) is 0 Å². The standard InChI is InChI=1S/C15H9BrF2N2O/c16-8-4-5-12-9(6-8)15(11(19)7-20-12)21-13-3-1-2-10(17)14(13)18/h1-7H,19H2. The van der Waals surface area contributed by atoms with Gasteiger partial charge in [-0.15, -0.1) is 0 Å².